The van der Waals surface area contributed by atoms with Crippen molar-refractivity contribution >= 4 is 10.9 Å². The fraction of sp³-hybridized carbons (Fsp3) is 0.294. The molecule has 0 spiro atoms. The van der Waals surface area contributed by atoms with Gasteiger partial charge in [0.15, 0.2) is 11.5 Å². The van der Waals surface area contributed by atoms with E-state index in [1.165, 1.54) is 0 Å². The number of nitrogens with zero attached hydrogens (tertiary/aromatic N) is 2. The zero-order valence-corrected chi connectivity index (χ0v) is 13.5. The minimum atomic E-state index is -0.0946. The van der Waals surface area contributed by atoms with Crippen LogP contribution in [0.1, 0.15) is 17.0 Å². The largest absolute Gasteiger partial charge is 0.493 e. The third kappa shape index (κ3) is 2.67. The van der Waals surface area contributed by atoms with Gasteiger partial charge in [0, 0.05) is 23.6 Å². The van der Waals surface area contributed by atoms with Crippen LogP contribution in [0.4, 0.5) is 0 Å². The molecule has 3 rings (SSSR count). The molecule has 0 unspecified atom stereocenters. The zero-order valence-electron chi connectivity index (χ0n) is 13.5. The van der Waals surface area contributed by atoms with Gasteiger partial charge in [0.1, 0.15) is 11.5 Å². The maximum absolute atomic E-state index is 12.5. The summed E-state index contributed by atoms with van der Waals surface area (Å²) in [5, 5.41) is 4.90. The van der Waals surface area contributed by atoms with Crippen molar-refractivity contribution in [1.29, 1.82) is 0 Å². The number of ether oxygens (including phenoxy) is 2. The van der Waals surface area contributed by atoms with Gasteiger partial charge in [-0.2, -0.15) is 0 Å². The van der Waals surface area contributed by atoms with E-state index in [9.17, 15) is 4.79 Å². The number of hydrogen-bond acceptors (Lipinski definition) is 5. The van der Waals surface area contributed by atoms with Gasteiger partial charge in [-0.05, 0) is 25.5 Å². The Morgan fingerprint density at radius 1 is 1.09 bits per heavy atom. The quantitative estimate of drug-likeness (QED) is 0.740. The van der Waals surface area contributed by atoms with Gasteiger partial charge in [-0.15, -0.1) is 0 Å². The third-order valence-corrected chi connectivity index (χ3v) is 3.82. The van der Waals surface area contributed by atoms with Crippen molar-refractivity contribution in [1.82, 2.24) is 9.72 Å². The summed E-state index contributed by atoms with van der Waals surface area (Å²) in [6, 6.07) is 7.13. The summed E-state index contributed by atoms with van der Waals surface area (Å²) in [7, 11) is 3.16. The molecule has 3 aromatic rings. The van der Waals surface area contributed by atoms with Crippen LogP contribution in [0.5, 0.6) is 11.5 Å². The molecule has 0 aliphatic heterocycles. The van der Waals surface area contributed by atoms with Gasteiger partial charge in [-0.3, -0.25) is 4.79 Å². The van der Waals surface area contributed by atoms with Crippen molar-refractivity contribution in [3.05, 3.63) is 51.6 Å². The van der Waals surface area contributed by atoms with Crippen LogP contribution in [-0.4, -0.2) is 23.9 Å². The molecule has 1 aromatic carbocycles. The van der Waals surface area contributed by atoms with Crippen LogP contribution < -0.4 is 15.0 Å². The van der Waals surface area contributed by atoms with E-state index in [4.69, 9.17) is 14.0 Å². The smallest absolute Gasteiger partial charge is 0.251 e. The normalized spacial score (nSPS) is 11.0. The highest BCUT2D eigenvalue weighted by Gasteiger charge is 2.13. The van der Waals surface area contributed by atoms with E-state index in [0.717, 1.165) is 16.5 Å². The highest BCUT2D eigenvalue weighted by molar-refractivity contribution is 5.86. The Hall–Kier alpha value is -2.76. The summed E-state index contributed by atoms with van der Waals surface area (Å²) in [6.07, 6.45) is 0. The molecule has 0 saturated carbocycles. The highest BCUT2D eigenvalue weighted by atomic mass is 16.5. The summed E-state index contributed by atoms with van der Waals surface area (Å²) < 4.78 is 17.4. The van der Waals surface area contributed by atoms with Crippen molar-refractivity contribution in [3.8, 4) is 11.5 Å². The lowest BCUT2D eigenvalue weighted by atomic mass is 10.1. The molecular formula is C17H18N2O4. The zero-order chi connectivity index (χ0) is 16.6. The average molecular weight is 314 g/mol. The number of hydrogen-bond donors (Lipinski definition) is 0. The lowest BCUT2D eigenvalue weighted by Gasteiger charge is -2.14. The first kappa shape index (κ1) is 15.1. The molecule has 2 heterocycles. The van der Waals surface area contributed by atoms with Crippen LogP contribution >= 0.6 is 0 Å². The Bertz CT molecular complexity index is 924. The first-order valence-electron chi connectivity index (χ1n) is 7.22. The predicted molar refractivity (Wildman–Crippen MR) is 86.4 cm³/mol. The number of aromatic nitrogens is 2. The van der Waals surface area contributed by atoms with Crippen LogP contribution in [-0.2, 0) is 6.54 Å². The number of pyridine rings is 1. The third-order valence-electron chi connectivity index (χ3n) is 3.82. The maximum atomic E-state index is 12.5. The van der Waals surface area contributed by atoms with E-state index < -0.39 is 0 Å². The van der Waals surface area contributed by atoms with Gasteiger partial charge >= 0.3 is 0 Å². The standard InChI is InChI=1S/C17H18N2O4/c1-10-5-17(20)19(9-12-6-11(2)23-18-12)14-8-16(22-4)15(21-3)7-13(10)14/h5-8H,9H2,1-4H3. The van der Waals surface area contributed by atoms with Gasteiger partial charge in [0.25, 0.3) is 5.56 Å². The number of methoxy groups -OCH3 is 2. The maximum Gasteiger partial charge on any atom is 0.251 e. The minimum absolute atomic E-state index is 0.0946. The van der Waals surface area contributed by atoms with E-state index >= 15 is 0 Å². The van der Waals surface area contributed by atoms with Gasteiger partial charge in [-0.25, -0.2) is 0 Å². The van der Waals surface area contributed by atoms with E-state index in [0.29, 0.717) is 29.5 Å². The summed E-state index contributed by atoms with van der Waals surface area (Å²) in [5.41, 5.74) is 2.26. The highest BCUT2D eigenvalue weighted by Crippen LogP contribution is 2.33. The fourth-order valence-electron chi connectivity index (χ4n) is 2.68. The molecule has 0 atom stereocenters. The predicted octanol–water partition coefficient (Wildman–Crippen LogP) is 2.67. The van der Waals surface area contributed by atoms with Crippen LogP contribution in [0, 0.1) is 13.8 Å². The molecule has 0 aliphatic carbocycles. The molecule has 2 aromatic heterocycles. The van der Waals surface area contributed by atoms with Gasteiger partial charge in [-0.1, -0.05) is 5.16 Å². The Morgan fingerprint density at radius 3 is 2.39 bits per heavy atom. The SMILES string of the molecule is COc1cc2c(C)cc(=O)n(Cc3cc(C)on3)c2cc1OC. The fourth-order valence-corrected chi connectivity index (χ4v) is 2.68. The van der Waals surface area contributed by atoms with E-state index in [2.05, 4.69) is 5.16 Å². The first-order chi connectivity index (χ1) is 11.0. The molecule has 0 amide bonds. The van der Waals surface area contributed by atoms with Crippen LogP contribution in [0.15, 0.2) is 33.6 Å². The van der Waals surface area contributed by atoms with Gasteiger partial charge in [0.05, 0.1) is 26.3 Å². The summed E-state index contributed by atoms with van der Waals surface area (Å²) in [4.78, 5) is 12.5. The lowest BCUT2D eigenvalue weighted by Crippen LogP contribution is -2.21. The van der Waals surface area contributed by atoms with Crippen molar-refractivity contribution < 1.29 is 14.0 Å². The Balaban J connectivity index is 2.25. The van der Waals surface area contributed by atoms with Crippen LogP contribution in [0.2, 0.25) is 0 Å². The lowest BCUT2D eigenvalue weighted by molar-refractivity contribution is 0.355. The molecule has 0 saturated heterocycles. The number of aryl methyl sites for hydroxylation is 2. The van der Waals surface area contributed by atoms with E-state index in [1.807, 2.05) is 32.0 Å². The van der Waals surface area contributed by atoms with Crippen molar-refractivity contribution in [3.63, 3.8) is 0 Å². The summed E-state index contributed by atoms with van der Waals surface area (Å²) >= 11 is 0. The van der Waals surface area contributed by atoms with Gasteiger partial charge in [0.2, 0.25) is 0 Å². The van der Waals surface area contributed by atoms with E-state index in [-0.39, 0.29) is 5.56 Å². The molecule has 0 aliphatic rings. The van der Waals surface area contributed by atoms with E-state index in [1.54, 1.807) is 24.9 Å². The molecule has 23 heavy (non-hydrogen) atoms. The number of fused-ring (bicyclic) bond motifs is 1. The molecule has 6 nitrogen and oxygen atoms in total. The van der Waals surface area contributed by atoms with Crippen LogP contribution in [0.25, 0.3) is 10.9 Å². The van der Waals surface area contributed by atoms with Crippen molar-refractivity contribution in [2.75, 3.05) is 14.2 Å². The molecule has 0 fully saturated rings. The Morgan fingerprint density at radius 2 is 1.78 bits per heavy atom. The topological polar surface area (TPSA) is 66.5 Å². The Kier molecular flexibility index (Phi) is 3.82. The second-order valence-corrected chi connectivity index (χ2v) is 5.40. The second-order valence-electron chi connectivity index (χ2n) is 5.40. The minimum Gasteiger partial charge on any atom is -0.493 e. The van der Waals surface area contributed by atoms with Gasteiger partial charge < -0.3 is 18.6 Å². The van der Waals surface area contributed by atoms with Crippen molar-refractivity contribution in [2.24, 2.45) is 0 Å². The second kappa shape index (κ2) is 5.79. The molecule has 6 heteroatoms. The van der Waals surface area contributed by atoms with Crippen molar-refractivity contribution in [2.45, 2.75) is 20.4 Å². The number of rotatable bonds is 4. The molecule has 0 N–H and O–H groups in total. The first-order valence-corrected chi connectivity index (χ1v) is 7.22. The van der Waals surface area contributed by atoms with Crippen LogP contribution in [0.3, 0.4) is 0 Å². The molecular weight excluding hydrogens is 296 g/mol. The monoisotopic (exact) mass is 314 g/mol. The number of benzene rings is 1. The average Bonchev–Trinajstić information content (AvgIpc) is 2.95. The summed E-state index contributed by atoms with van der Waals surface area (Å²) in [5.74, 6) is 1.92. The molecule has 0 radical (unpaired) electrons. The molecule has 0 bridgehead atoms. The molecule has 120 valence electrons. The summed E-state index contributed by atoms with van der Waals surface area (Å²) in [6.45, 7) is 4.06. The Labute approximate surface area is 133 Å².